The molecule has 2 saturated carbocycles. The lowest BCUT2D eigenvalue weighted by Gasteiger charge is -2.27. The van der Waals surface area contributed by atoms with Crippen LogP contribution in [0.2, 0.25) is 0 Å². The summed E-state index contributed by atoms with van der Waals surface area (Å²) in [6.07, 6.45) is 8.66. The number of nitrogens with one attached hydrogen (secondary N) is 1. The fraction of sp³-hybridized carbons (Fsp3) is 0.750. The van der Waals surface area contributed by atoms with Gasteiger partial charge in [-0.15, -0.1) is 11.3 Å². The molecule has 0 saturated heterocycles. The standard InChI is InChI=1S/C16H24BrNS/c1-2-18-14(10-16-15(17)5-6-19-16)9-13-8-11-3-4-12(13)7-11/h5-6,11-14,18H,2-4,7-10H2,1H3. The molecular formula is C16H24BrNS. The van der Waals surface area contributed by atoms with Gasteiger partial charge in [-0.25, -0.2) is 0 Å². The summed E-state index contributed by atoms with van der Waals surface area (Å²) in [4.78, 5) is 1.51. The summed E-state index contributed by atoms with van der Waals surface area (Å²) in [5.41, 5.74) is 0. The van der Waals surface area contributed by atoms with E-state index in [2.05, 4.69) is 39.6 Å². The van der Waals surface area contributed by atoms with Gasteiger partial charge in [-0.2, -0.15) is 0 Å². The largest absolute Gasteiger partial charge is 0.314 e. The first kappa shape index (κ1) is 14.1. The molecule has 4 atom stereocenters. The third kappa shape index (κ3) is 3.25. The number of likely N-dealkylation sites (N-methyl/N-ethyl adjacent to an activating group) is 1. The smallest absolute Gasteiger partial charge is 0.0314 e. The highest BCUT2D eigenvalue weighted by Crippen LogP contribution is 2.50. The number of thiophene rings is 1. The fourth-order valence-corrected chi connectivity index (χ4v) is 5.85. The van der Waals surface area contributed by atoms with Gasteiger partial charge in [-0.05, 0) is 83.8 Å². The summed E-state index contributed by atoms with van der Waals surface area (Å²) < 4.78 is 1.30. The molecular weight excluding hydrogens is 318 g/mol. The topological polar surface area (TPSA) is 12.0 Å². The zero-order chi connectivity index (χ0) is 13.2. The average molecular weight is 342 g/mol. The highest BCUT2D eigenvalue weighted by molar-refractivity contribution is 9.10. The van der Waals surface area contributed by atoms with Crippen LogP contribution in [-0.4, -0.2) is 12.6 Å². The zero-order valence-electron chi connectivity index (χ0n) is 11.7. The van der Waals surface area contributed by atoms with Crippen LogP contribution in [0.4, 0.5) is 0 Å². The van der Waals surface area contributed by atoms with Crippen molar-refractivity contribution in [2.75, 3.05) is 6.54 Å². The lowest BCUT2D eigenvalue weighted by molar-refractivity contribution is 0.278. The monoisotopic (exact) mass is 341 g/mol. The van der Waals surface area contributed by atoms with E-state index in [1.165, 1.54) is 47.9 Å². The third-order valence-electron chi connectivity index (χ3n) is 5.09. The molecule has 3 heteroatoms. The Labute approximate surface area is 129 Å². The maximum absolute atomic E-state index is 3.72. The molecule has 2 bridgehead atoms. The van der Waals surface area contributed by atoms with Gasteiger partial charge in [-0.3, -0.25) is 0 Å². The summed E-state index contributed by atoms with van der Waals surface area (Å²) in [6, 6.07) is 2.85. The molecule has 2 aliphatic carbocycles. The molecule has 0 amide bonds. The van der Waals surface area contributed by atoms with Gasteiger partial charge in [0.1, 0.15) is 0 Å². The Balaban J connectivity index is 1.59. The van der Waals surface area contributed by atoms with Crippen molar-refractivity contribution in [1.82, 2.24) is 5.32 Å². The number of hydrogen-bond acceptors (Lipinski definition) is 2. The Morgan fingerprint density at radius 2 is 2.32 bits per heavy atom. The van der Waals surface area contributed by atoms with Crippen molar-refractivity contribution in [3.63, 3.8) is 0 Å². The fourth-order valence-electron chi connectivity index (χ4n) is 4.25. The molecule has 2 aliphatic rings. The van der Waals surface area contributed by atoms with Gasteiger partial charge in [0.15, 0.2) is 0 Å². The predicted octanol–water partition coefficient (Wildman–Crippen LogP) is 4.86. The first-order valence-electron chi connectivity index (χ1n) is 7.71. The van der Waals surface area contributed by atoms with Gasteiger partial charge >= 0.3 is 0 Å². The second-order valence-corrected chi connectivity index (χ2v) is 8.18. The van der Waals surface area contributed by atoms with Gasteiger partial charge in [-0.1, -0.05) is 13.3 Å². The van der Waals surface area contributed by atoms with Crippen LogP contribution in [0.5, 0.6) is 0 Å². The van der Waals surface area contributed by atoms with Crippen molar-refractivity contribution < 1.29 is 0 Å². The normalized spacial score (nSPS) is 30.9. The van der Waals surface area contributed by atoms with Gasteiger partial charge in [0.25, 0.3) is 0 Å². The van der Waals surface area contributed by atoms with Crippen LogP contribution in [0, 0.1) is 17.8 Å². The van der Waals surface area contributed by atoms with E-state index in [0.29, 0.717) is 6.04 Å². The summed E-state index contributed by atoms with van der Waals surface area (Å²) in [5, 5.41) is 5.91. The van der Waals surface area contributed by atoms with E-state index in [4.69, 9.17) is 0 Å². The molecule has 19 heavy (non-hydrogen) atoms. The first-order chi connectivity index (χ1) is 9.26. The Morgan fingerprint density at radius 3 is 2.89 bits per heavy atom. The van der Waals surface area contributed by atoms with Crippen LogP contribution in [-0.2, 0) is 6.42 Å². The van der Waals surface area contributed by atoms with Crippen LogP contribution in [0.3, 0.4) is 0 Å². The minimum absolute atomic E-state index is 0.671. The van der Waals surface area contributed by atoms with E-state index in [0.717, 1.165) is 24.3 Å². The van der Waals surface area contributed by atoms with Crippen LogP contribution >= 0.6 is 27.3 Å². The molecule has 0 spiro atoms. The molecule has 3 rings (SSSR count). The van der Waals surface area contributed by atoms with Crippen LogP contribution < -0.4 is 5.32 Å². The van der Waals surface area contributed by atoms with Crippen LogP contribution in [0.1, 0.15) is 43.9 Å². The average Bonchev–Trinajstić information content (AvgIpc) is 3.08. The van der Waals surface area contributed by atoms with E-state index in [1.54, 1.807) is 0 Å². The van der Waals surface area contributed by atoms with E-state index in [-0.39, 0.29) is 0 Å². The molecule has 1 nitrogen and oxygen atoms in total. The molecule has 0 aliphatic heterocycles. The third-order valence-corrected chi connectivity index (χ3v) is 7.04. The maximum atomic E-state index is 3.72. The van der Waals surface area contributed by atoms with Crippen molar-refractivity contribution in [2.24, 2.45) is 17.8 Å². The molecule has 1 aromatic heterocycles. The quantitative estimate of drug-likeness (QED) is 0.779. The lowest BCUT2D eigenvalue weighted by atomic mass is 9.83. The first-order valence-corrected chi connectivity index (χ1v) is 9.38. The van der Waals surface area contributed by atoms with E-state index in [1.807, 2.05) is 11.3 Å². The molecule has 1 N–H and O–H groups in total. The van der Waals surface area contributed by atoms with E-state index in [9.17, 15) is 0 Å². The van der Waals surface area contributed by atoms with E-state index >= 15 is 0 Å². The highest BCUT2D eigenvalue weighted by atomic mass is 79.9. The molecule has 0 aromatic carbocycles. The van der Waals surface area contributed by atoms with Crippen molar-refractivity contribution in [1.29, 1.82) is 0 Å². The van der Waals surface area contributed by atoms with Gasteiger partial charge in [0.2, 0.25) is 0 Å². The SMILES string of the molecule is CCNC(Cc1sccc1Br)CC1CC2CCC1C2. The zero-order valence-corrected chi connectivity index (χ0v) is 14.1. The minimum atomic E-state index is 0.671. The maximum Gasteiger partial charge on any atom is 0.0314 e. The van der Waals surface area contributed by atoms with Crippen molar-refractivity contribution in [3.8, 4) is 0 Å². The lowest BCUT2D eigenvalue weighted by Crippen LogP contribution is -2.34. The van der Waals surface area contributed by atoms with Crippen molar-refractivity contribution in [2.45, 2.75) is 51.5 Å². The Hall–Kier alpha value is 0.140. The van der Waals surface area contributed by atoms with Crippen molar-refractivity contribution >= 4 is 27.3 Å². The Morgan fingerprint density at radius 1 is 1.42 bits per heavy atom. The van der Waals surface area contributed by atoms with E-state index < -0.39 is 0 Å². The number of fused-ring (bicyclic) bond motifs is 2. The van der Waals surface area contributed by atoms with Crippen molar-refractivity contribution in [3.05, 3.63) is 20.8 Å². The summed E-state index contributed by atoms with van der Waals surface area (Å²) in [7, 11) is 0. The van der Waals surface area contributed by atoms with Gasteiger partial charge in [0, 0.05) is 15.4 Å². The molecule has 106 valence electrons. The van der Waals surface area contributed by atoms with Crippen LogP contribution in [0.15, 0.2) is 15.9 Å². The molecule has 1 heterocycles. The molecule has 2 fully saturated rings. The molecule has 0 radical (unpaired) electrons. The second kappa shape index (κ2) is 6.28. The second-order valence-electron chi connectivity index (χ2n) is 6.32. The number of hydrogen-bond donors (Lipinski definition) is 1. The number of halogens is 1. The van der Waals surface area contributed by atoms with Crippen LogP contribution in [0.25, 0.3) is 0 Å². The summed E-state index contributed by atoms with van der Waals surface area (Å²) in [6.45, 7) is 3.33. The minimum Gasteiger partial charge on any atom is -0.314 e. The Kier molecular flexibility index (Phi) is 4.66. The molecule has 4 unspecified atom stereocenters. The number of rotatable bonds is 6. The Bertz CT molecular complexity index is 417. The summed E-state index contributed by atoms with van der Waals surface area (Å²) in [5.74, 6) is 3.13. The summed E-state index contributed by atoms with van der Waals surface area (Å²) >= 11 is 5.56. The van der Waals surface area contributed by atoms with Gasteiger partial charge in [0.05, 0.1) is 0 Å². The van der Waals surface area contributed by atoms with Gasteiger partial charge < -0.3 is 5.32 Å². The highest BCUT2D eigenvalue weighted by Gasteiger charge is 2.40. The molecule has 1 aromatic rings. The predicted molar refractivity (Wildman–Crippen MR) is 86.7 cm³/mol.